The molecule has 0 rings (SSSR count). The lowest BCUT2D eigenvalue weighted by atomic mass is 9.95. The van der Waals surface area contributed by atoms with Crippen LogP contribution in [0.5, 0.6) is 0 Å². The summed E-state index contributed by atoms with van der Waals surface area (Å²) in [5.74, 6) is -1.40. The second kappa shape index (κ2) is 7.11. The van der Waals surface area contributed by atoms with E-state index in [2.05, 4.69) is 10.6 Å². The zero-order valence-corrected chi connectivity index (χ0v) is 12.2. The summed E-state index contributed by atoms with van der Waals surface area (Å²) in [4.78, 5) is 33.9. The molecule has 0 saturated carbocycles. The van der Waals surface area contributed by atoms with E-state index in [1.54, 1.807) is 34.6 Å². The third-order valence-electron chi connectivity index (χ3n) is 2.60. The van der Waals surface area contributed by atoms with Gasteiger partial charge in [-0.3, -0.25) is 14.4 Å². The standard InChI is InChI=1S/C13H24N2O4/c1-8(6-7-10(16)17)14-11(18)9(2)15-12(19)13(3,4)5/h8-9H,6-7H2,1-5H3,(H,14,18)(H,15,19)(H,16,17). The summed E-state index contributed by atoms with van der Waals surface area (Å²) >= 11 is 0. The Bertz CT molecular complexity index is 347. The first-order valence-corrected chi connectivity index (χ1v) is 6.37. The fraction of sp³-hybridized carbons (Fsp3) is 0.769. The van der Waals surface area contributed by atoms with E-state index in [-0.39, 0.29) is 24.3 Å². The minimum atomic E-state index is -0.893. The Labute approximate surface area is 113 Å². The van der Waals surface area contributed by atoms with Crippen molar-refractivity contribution in [3.63, 3.8) is 0 Å². The van der Waals surface area contributed by atoms with Gasteiger partial charge in [0.2, 0.25) is 11.8 Å². The van der Waals surface area contributed by atoms with Crippen LogP contribution in [0.4, 0.5) is 0 Å². The second-order valence-electron chi connectivity index (χ2n) is 5.79. The quantitative estimate of drug-likeness (QED) is 0.669. The average Bonchev–Trinajstić information content (AvgIpc) is 2.24. The number of hydrogen-bond donors (Lipinski definition) is 3. The Morgan fingerprint density at radius 1 is 1.11 bits per heavy atom. The summed E-state index contributed by atoms with van der Waals surface area (Å²) in [5.41, 5.74) is -0.552. The van der Waals surface area contributed by atoms with Crippen molar-refractivity contribution in [3.05, 3.63) is 0 Å². The molecule has 0 aliphatic rings. The van der Waals surface area contributed by atoms with Gasteiger partial charge in [0, 0.05) is 17.9 Å². The van der Waals surface area contributed by atoms with E-state index in [0.29, 0.717) is 6.42 Å². The van der Waals surface area contributed by atoms with Crippen LogP contribution < -0.4 is 10.6 Å². The van der Waals surface area contributed by atoms with Crippen molar-refractivity contribution in [2.75, 3.05) is 0 Å². The van der Waals surface area contributed by atoms with Crippen LogP contribution in [0.2, 0.25) is 0 Å². The number of carbonyl (C=O) groups excluding carboxylic acids is 2. The Hall–Kier alpha value is -1.59. The SMILES string of the molecule is CC(CCC(=O)O)NC(=O)C(C)NC(=O)C(C)(C)C. The van der Waals surface area contributed by atoms with Gasteiger partial charge in [-0.15, -0.1) is 0 Å². The summed E-state index contributed by atoms with van der Waals surface area (Å²) in [6.07, 6.45) is 0.366. The first-order chi connectivity index (χ1) is 8.54. The molecule has 0 fully saturated rings. The van der Waals surface area contributed by atoms with Crippen LogP contribution in [0.1, 0.15) is 47.5 Å². The maximum Gasteiger partial charge on any atom is 0.303 e. The van der Waals surface area contributed by atoms with Crippen molar-refractivity contribution in [2.24, 2.45) is 5.41 Å². The molecule has 0 heterocycles. The smallest absolute Gasteiger partial charge is 0.303 e. The van der Waals surface area contributed by atoms with Crippen LogP contribution in [-0.4, -0.2) is 35.0 Å². The van der Waals surface area contributed by atoms with E-state index in [1.807, 2.05) is 0 Å². The number of amides is 2. The molecule has 2 unspecified atom stereocenters. The van der Waals surface area contributed by atoms with Gasteiger partial charge in [-0.25, -0.2) is 0 Å². The predicted octanol–water partition coefficient (Wildman–Crippen LogP) is 0.907. The summed E-state index contributed by atoms with van der Waals surface area (Å²) in [5, 5.41) is 13.8. The molecule has 0 aliphatic heterocycles. The number of carbonyl (C=O) groups is 3. The molecular formula is C13H24N2O4. The highest BCUT2D eigenvalue weighted by atomic mass is 16.4. The van der Waals surface area contributed by atoms with Crippen molar-refractivity contribution >= 4 is 17.8 Å². The summed E-state index contributed by atoms with van der Waals surface area (Å²) < 4.78 is 0. The number of aliphatic carboxylic acids is 1. The molecule has 0 bridgehead atoms. The molecule has 0 radical (unpaired) electrons. The number of hydrogen-bond acceptors (Lipinski definition) is 3. The molecule has 3 N–H and O–H groups in total. The zero-order chi connectivity index (χ0) is 15.2. The van der Waals surface area contributed by atoms with Gasteiger partial charge in [0.15, 0.2) is 0 Å². The maximum atomic E-state index is 11.8. The molecular weight excluding hydrogens is 248 g/mol. The van der Waals surface area contributed by atoms with Gasteiger partial charge in [-0.2, -0.15) is 0 Å². The largest absolute Gasteiger partial charge is 0.481 e. The predicted molar refractivity (Wildman–Crippen MR) is 71.5 cm³/mol. The topological polar surface area (TPSA) is 95.5 Å². The van der Waals surface area contributed by atoms with Crippen LogP contribution in [0.25, 0.3) is 0 Å². The van der Waals surface area contributed by atoms with E-state index >= 15 is 0 Å². The Kier molecular flexibility index (Phi) is 6.52. The minimum Gasteiger partial charge on any atom is -0.481 e. The number of nitrogens with one attached hydrogen (secondary N) is 2. The molecule has 0 aromatic rings. The van der Waals surface area contributed by atoms with Gasteiger partial charge in [0.05, 0.1) is 0 Å². The van der Waals surface area contributed by atoms with Crippen molar-refractivity contribution < 1.29 is 19.5 Å². The van der Waals surface area contributed by atoms with Crippen LogP contribution in [0.15, 0.2) is 0 Å². The number of rotatable bonds is 6. The van der Waals surface area contributed by atoms with Crippen LogP contribution in [0, 0.1) is 5.41 Å². The zero-order valence-electron chi connectivity index (χ0n) is 12.2. The normalized spacial score (nSPS) is 14.4. The molecule has 0 spiro atoms. The van der Waals surface area contributed by atoms with Gasteiger partial charge in [0.1, 0.15) is 6.04 Å². The van der Waals surface area contributed by atoms with Crippen molar-refractivity contribution in [1.29, 1.82) is 0 Å². The van der Waals surface area contributed by atoms with Gasteiger partial charge in [-0.05, 0) is 20.3 Å². The second-order valence-corrected chi connectivity index (χ2v) is 5.79. The molecule has 2 amide bonds. The fourth-order valence-electron chi connectivity index (χ4n) is 1.26. The number of carboxylic acids is 1. The van der Waals surface area contributed by atoms with Crippen LogP contribution >= 0.6 is 0 Å². The fourth-order valence-corrected chi connectivity index (χ4v) is 1.26. The lowest BCUT2D eigenvalue weighted by Gasteiger charge is -2.22. The molecule has 0 aromatic heterocycles. The third-order valence-corrected chi connectivity index (χ3v) is 2.60. The molecule has 19 heavy (non-hydrogen) atoms. The van der Waals surface area contributed by atoms with Gasteiger partial charge in [0.25, 0.3) is 0 Å². The summed E-state index contributed by atoms with van der Waals surface area (Å²) in [6, 6.07) is -0.878. The number of carboxylic acid groups (broad SMARTS) is 1. The average molecular weight is 272 g/mol. The monoisotopic (exact) mass is 272 g/mol. The molecule has 2 atom stereocenters. The minimum absolute atomic E-state index is 0.00414. The summed E-state index contributed by atoms with van der Waals surface area (Å²) in [6.45, 7) is 8.63. The first kappa shape index (κ1) is 17.4. The van der Waals surface area contributed by atoms with Crippen molar-refractivity contribution in [3.8, 4) is 0 Å². The highest BCUT2D eigenvalue weighted by Crippen LogP contribution is 2.12. The van der Waals surface area contributed by atoms with Crippen molar-refractivity contribution in [1.82, 2.24) is 10.6 Å². The third kappa shape index (κ3) is 7.43. The molecule has 6 nitrogen and oxygen atoms in total. The highest BCUT2D eigenvalue weighted by Gasteiger charge is 2.25. The van der Waals surface area contributed by atoms with Gasteiger partial charge < -0.3 is 15.7 Å². The lowest BCUT2D eigenvalue weighted by molar-refractivity contribution is -0.137. The van der Waals surface area contributed by atoms with Crippen LogP contribution in [0.3, 0.4) is 0 Å². The van der Waals surface area contributed by atoms with Crippen molar-refractivity contribution in [2.45, 2.75) is 59.5 Å². The lowest BCUT2D eigenvalue weighted by Crippen LogP contribution is -2.50. The van der Waals surface area contributed by atoms with E-state index in [4.69, 9.17) is 5.11 Å². The molecule has 110 valence electrons. The van der Waals surface area contributed by atoms with E-state index < -0.39 is 17.4 Å². The first-order valence-electron chi connectivity index (χ1n) is 6.37. The Morgan fingerprint density at radius 2 is 1.63 bits per heavy atom. The highest BCUT2D eigenvalue weighted by molar-refractivity contribution is 5.89. The molecule has 0 aliphatic carbocycles. The van der Waals surface area contributed by atoms with E-state index in [9.17, 15) is 14.4 Å². The summed E-state index contributed by atoms with van der Waals surface area (Å²) in [7, 11) is 0. The van der Waals surface area contributed by atoms with E-state index in [1.165, 1.54) is 0 Å². The van der Waals surface area contributed by atoms with E-state index in [0.717, 1.165) is 0 Å². The molecule has 0 aromatic carbocycles. The molecule has 0 saturated heterocycles. The molecule has 6 heteroatoms. The maximum absolute atomic E-state index is 11.8. The van der Waals surface area contributed by atoms with Gasteiger partial charge in [-0.1, -0.05) is 20.8 Å². The van der Waals surface area contributed by atoms with Crippen LogP contribution in [-0.2, 0) is 14.4 Å². The Balaban J connectivity index is 4.20. The Morgan fingerprint density at radius 3 is 2.05 bits per heavy atom. The van der Waals surface area contributed by atoms with Gasteiger partial charge >= 0.3 is 5.97 Å².